The molecule has 2 aromatic rings. The predicted molar refractivity (Wildman–Crippen MR) is 84.6 cm³/mol. The van der Waals surface area contributed by atoms with E-state index >= 15 is 0 Å². The first kappa shape index (κ1) is 15.1. The Labute approximate surface area is 128 Å². The van der Waals surface area contributed by atoms with E-state index in [-0.39, 0.29) is 16.9 Å². The number of hydrogen-bond donors (Lipinski definition) is 0. The molecule has 0 bridgehead atoms. The van der Waals surface area contributed by atoms with E-state index in [0.717, 1.165) is 15.7 Å². The molecule has 106 valence electrons. The SMILES string of the molecule is CC(Sc1nc(=O)ccn1C(C)C)c1ccccc1Cl. The second-order valence-corrected chi connectivity index (χ2v) is 6.55. The molecule has 0 N–H and O–H groups in total. The van der Waals surface area contributed by atoms with Gasteiger partial charge in [-0.15, -0.1) is 0 Å². The fourth-order valence-corrected chi connectivity index (χ4v) is 3.45. The van der Waals surface area contributed by atoms with Crippen molar-refractivity contribution in [3.8, 4) is 0 Å². The molecule has 1 unspecified atom stereocenters. The molecule has 3 nitrogen and oxygen atoms in total. The minimum absolute atomic E-state index is 0.128. The van der Waals surface area contributed by atoms with Crippen LogP contribution >= 0.6 is 23.4 Å². The van der Waals surface area contributed by atoms with Gasteiger partial charge in [0.05, 0.1) is 0 Å². The summed E-state index contributed by atoms with van der Waals surface area (Å²) in [7, 11) is 0. The quantitative estimate of drug-likeness (QED) is 0.623. The Bertz CT molecular complexity index is 654. The third-order valence-corrected chi connectivity index (χ3v) is 4.45. The van der Waals surface area contributed by atoms with E-state index in [1.807, 2.05) is 28.8 Å². The molecular formula is C15H17ClN2OS. The van der Waals surface area contributed by atoms with Gasteiger partial charge in [0.25, 0.3) is 5.56 Å². The number of aromatic nitrogens is 2. The second kappa shape index (κ2) is 6.46. The lowest BCUT2D eigenvalue weighted by Crippen LogP contribution is -2.15. The van der Waals surface area contributed by atoms with Gasteiger partial charge in [-0.25, -0.2) is 0 Å². The Morgan fingerprint density at radius 2 is 1.90 bits per heavy atom. The van der Waals surface area contributed by atoms with Crippen molar-refractivity contribution in [1.29, 1.82) is 0 Å². The van der Waals surface area contributed by atoms with Crippen LogP contribution in [-0.2, 0) is 0 Å². The Morgan fingerprint density at radius 3 is 2.55 bits per heavy atom. The maximum atomic E-state index is 11.5. The standard InChI is InChI=1S/C15H17ClN2OS/c1-10(2)18-9-8-14(19)17-15(18)20-11(3)12-6-4-5-7-13(12)16/h4-11H,1-3H3. The van der Waals surface area contributed by atoms with Gasteiger partial charge in [-0.3, -0.25) is 4.79 Å². The highest BCUT2D eigenvalue weighted by atomic mass is 35.5. The summed E-state index contributed by atoms with van der Waals surface area (Å²) in [6.07, 6.45) is 1.79. The minimum atomic E-state index is -0.212. The number of halogens is 1. The van der Waals surface area contributed by atoms with Crippen molar-refractivity contribution >= 4 is 23.4 Å². The molecule has 0 aliphatic carbocycles. The molecule has 0 aliphatic rings. The first-order valence-electron chi connectivity index (χ1n) is 6.49. The summed E-state index contributed by atoms with van der Waals surface area (Å²) in [5, 5.41) is 1.59. The van der Waals surface area contributed by atoms with Gasteiger partial charge in [-0.05, 0) is 32.4 Å². The molecule has 0 aliphatic heterocycles. The van der Waals surface area contributed by atoms with Gasteiger partial charge >= 0.3 is 0 Å². The summed E-state index contributed by atoms with van der Waals surface area (Å²) in [6.45, 7) is 6.20. The summed E-state index contributed by atoms with van der Waals surface area (Å²) in [5.74, 6) is 0. The lowest BCUT2D eigenvalue weighted by molar-refractivity contribution is 0.525. The zero-order chi connectivity index (χ0) is 14.7. The smallest absolute Gasteiger partial charge is 0.273 e. The lowest BCUT2D eigenvalue weighted by Gasteiger charge is -2.18. The zero-order valence-corrected chi connectivity index (χ0v) is 13.3. The van der Waals surface area contributed by atoms with Crippen LogP contribution in [0.4, 0.5) is 0 Å². The van der Waals surface area contributed by atoms with Crippen LogP contribution in [0.15, 0.2) is 46.5 Å². The highest BCUT2D eigenvalue weighted by Gasteiger charge is 2.15. The van der Waals surface area contributed by atoms with Gasteiger partial charge in [0.15, 0.2) is 5.16 Å². The Morgan fingerprint density at radius 1 is 1.20 bits per heavy atom. The molecule has 1 heterocycles. The lowest BCUT2D eigenvalue weighted by atomic mass is 10.2. The van der Waals surface area contributed by atoms with Crippen molar-refractivity contribution in [1.82, 2.24) is 9.55 Å². The highest BCUT2D eigenvalue weighted by Crippen LogP contribution is 2.37. The second-order valence-electron chi connectivity index (χ2n) is 4.83. The van der Waals surface area contributed by atoms with E-state index in [9.17, 15) is 4.79 Å². The van der Waals surface area contributed by atoms with Gasteiger partial charge in [0.1, 0.15) is 0 Å². The number of rotatable bonds is 4. The summed E-state index contributed by atoms with van der Waals surface area (Å²) in [6, 6.07) is 9.50. The first-order chi connectivity index (χ1) is 9.49. The van der Waals surface area contributed by atoms with Gasteiger partial charge in [0.2, 0.25) is 0 Å². The fraction of sp³-hybridized carbons (Fsp3) is 0.333. The van der Waals surface area contributed by atoms with Crippen LogP contribution in [0.2, 0.25) is 5.02 Å². The fourth-order valence-electron chi connectivity index (χ4n) is 1.90. The zero-order valence-electron chi connectivity index (χ0n) is 11.7. The van der Waals surface area contributed by atoms with Crippen molar-refractivity contribution in [3.05, 3.63) is 57.5 Å². The summed E-state index contributed by atoms with van der Waals surface area (Å²) < 4.78 is 2.00. The third-order valence-electron chi connectivity index (χ3n) is 2.99. The van der Waals surface area contributed by atoms with E-state index in [1.54, 1.807) is 18.0 Å². The van der Waals surface area contributed by atoms with Crippen LogP contribution < -0.4 is 5.56 Å². The Balaban J connectivity index is 2.32. The molecule has 0 spiro atoms. The molecule has 2 rings (SSSR count). The molecule has 20 heavy (non-hydrogen) atoms. The van der Waals surface area contributed by atoms with Crippen LogP contribution in [-0.4, -0.2) is 9.55 Å². The number of thioether (sulfide) groups is 1. The monoisotopic (exact) mass is 308 g/mol. The highest BCUT2D eigenvalue weighted by molar-refractivity contribution is 7.99. The summed E-state index contributed by atoms with van der Waals surface area (Å²) in [5.41, 5.74) is 0.836. The van der Waals surface area contributed by atoms with Crippen molar-refractivity contribution < 1.29 is 0 Å². The van der Waals surface area contributed by atoms with Gasteiger partial charge in [-0.1, -0.05) is 41.6 Å². The third kappa shape index (κ3) is 3.44. The van der Waals surface area contributed by atoms with E-state index in [4.69, 9.17) is 11.6 Å². The molecule has 1 aromatic carbocycles. The average molecular weight is 309 g/mol. The molecule has 1 atom stereocenters. The predicted octanol–water partition coefficient (Wildman–Crippen LogP) is 4.33. The largest absolute Gasteiger partial charge is 0.325 e. The molecular weight excluding hydrogens is 292 g/mol. The van der Waals surface area contributed by atoms with Crippen LogP contribution in [0.25, 0.3) is 0 Å². The van der Waals surface area contributed by atoms with E-state index in [2.05, 4.69) is 25.8 Å². The topological polar surface area (TPSA) is 34.9 Å². The van der Waals surface area contributed by atoms with E-state index in [1.165, 1.54) is 6.07 Å². The average Bonchev–Trinajstić information content (AvgIpc) is 2.38. The van der Waals surface area contributed by atoms with Crippen LogP contribution in [0.1, 0.15) is 37.6 Å². The van der Waals surface area contributed by atoms with Gasteiger partial charge < -0.3 is 4.57 Å². The van der Waals surface area contributed by atoms with Crippen LogP contribution in [0, 0.1) is 0 Å². The first-order valence-corrected chi connectivity index (χ1v) is 7.75. The molecule has 0 radical (unpaired) electrons. The normalized spacial score (nSPS) is 12.7. The van der Waals surface area contributed by atoms with Crippen molar-refractivity contribution in [2.75, 3.05) is 0 Å². The maximum Gasteiger partial charge on any atom is 0.273 e. The molecule has 0 amide bonds. The maximum absolute atomic E-state index is 11.5. The molecule has 0 fully saturated rings. The molecule has 0 saturated heterocycles. The summed E-state index contributed by atoms with van der Waals surface area (Å²) >= 11 is 7.76. The Hall–Kier alpha value is -1.26. The summed E-state index contributed by atoms with van der Waals surface area (Å²) in [4.78, 5) is 15.6. The number of benzene rings is 1. The molecule has 5 heteroatoms. The van der Waals surface area contributed by atoms with E-state index in [0.29, 0.717) is 0 Å². The molecule has 0 saturated carbocycles. The van der Waals surface area contributed by atoms with Crippen molar-refractivity contribution in [2.24, 2.45) is 0 Å². The van der Waals surface area contributed by atoms with E-state index < -0.39 is 0 Å². The Kier molecular flexibility index (Phi) is 4.89. The minimum Gasteiger partial charge on any atom is -0.325 e. The van der Waals surface area contributed by atoms with Crippen LogP contribution in [0.3, 0.4) is 0 Å². The van der Waals surface area contributed by atoms with Crippen molar-refractivity contribution in [2.45, 2.75) is 37.2 Å². The van der Waals surface area contributed by atoms with Gasteiger partial charge in [0, 0.05) is 28.6 Å². The van der Waals surface area contributed by atoms with Gasteiger partial charge in [-0.2, -0.15) is 4.98 Å². The molecule has 1 aromatic heterocycles. The number of hydrogen-bond acceptors (Lipinski definition) is 3. The van der Waals surface area contributed by atoms with Crippen molar-refractivity contribution in [3.63, 3.8) is 0 Å². The van der Waals surface area contributed by atoms with Crippen LogP contribution in [0.5, 0.6) is 0 Å². The number of nitrogens with zero attached hydrogens (tertiary/aromatic N) is 2.